The number of phenols is 2. The molecule has 8 heteroatoms. The predicted molar refractivity (Wildman–Crippen MR) is 159 cm³/mol. The number of rotatable bonds is 2. The molecule has 0 amide bonds. The van der Waals surface area contributed by atoms with Crippen molar-refractivity contribution in [2.24, 2.45) is 0 Å². The third-order valence-electron chi connectivity index (χ3n) is 6.40. The molecule has 0 aliphatic rings. The molecule has 0 bridgehead atoms. The molecule has 0 saturated heterocycles. The van der Waals surface area contributed by atoms with E-state index in [0.29, 0.717) is 33.6 Å². The predicted octanol–water partition coefficient (Wildman–Crippen LogP) is 8.25. The van der Waals surface area contributed by atoms with E-state index in [4.69, 9.17) is 32.0 Å². The number of phenolic OH excluding ortho intramolecular Hbond substituents is 2. The van der Waals surface area contributed by atoms with Crippen molar-refractivity contribution in [1.82, 2.24) is 0 Å². The van der Waals surface area contributed by atoms with Gasteiger partial charge in [-0.15, -0.1) is 0 Å². The van der Waals surface area contributed by atoms with Crippen LogP contribution >= 0.6 is 23.2 Å². The second-order valence-corrected chi connectivity index (χ2v) is 9.82. The van der Waals surface area contributed by atoms with Gasteiger partial charge in [-0.05, 0) is 43.2 Å². The maximum absolute atomic E-state index is 12.7. The van der Waals surface area contributed by atoms with Crippen LogP contribution in [0.25, 0.3) is 44.2 Å². The Balaban J connectivity index is 0.000000162. The zero-order chi connectivity index (χ0) is 28.6. The fourth-order valence-electron chi connectivity index (χ4n) is 4.53. The van der Waals surface area contributed by atoms with Gasteiger partial charge in [0.2, 0.25) is 10.9 Å². The number of benzene rings is 4. The first-order valence-electron chi connectivity index (χ1n) is 12.2. The zero-order valence-corrected chi connectivity index (χ0v) is 22.9. The summed E-state index contributed by atoms with van der Waals surface area (Å²) in [6.07, 6.45) is 0. The van der Waals surface area contributed by atoms with Gasteiger partial charge in [0.25, 0.3) is 0 Å². The van der Waals surface area contributed by atoms with Crippen LogP contribution in [0.2, 0.25) is 10.0 Å². The lowest BCUT2D eigenvalue weighted by Gasteiger charge is -2.09. The van der Waals surface area contributed by atoms with Crippen LogP contribution in [-0.4, -0.2) is 10.2 Å². The van der Waals surface area contributed by atoms with Gasteiger partial charge in [0.05, 0.1) is 26.9 Å². The Kier molecular flexibility index (Phi) is 7.39. The van der Waals surface area contributed by atoms with E-state index in [2.05, 4.69) is 0 Å². The second kappa shape index (κ2) is 10.9. The SMILES string of the molecule is Cc1oc2c(Cl)c(O)c(Cl)cc2c(=O)c1-c1ccccc1.Cc1oc2cc(O)ccc2c(=O)c1-c1ccccc1. The molecule has 0 radical (unpaired) electrons. The van der Waals surface area contributed by atoms with Crippen molar-refractivity contribution >= 4 is 45.1 Å². The molecule has 4 aromatic carbocycles. The summed E-state index contributed by atoms with van der Waals surface area (Å²) >= 11 is 11.9. The van der Waals surface area contributed by atoms with Gasteiger partial charge in [0, 0.05) is 6.07 Å². The summed E-state index contributed by atoms with van der Waals surface area (Å²) in [7, 11) is 0. The molecule has 6 nitrogen and oxygen atoms in total. The van der Waals surface area contributed by atoms with Crippen LogP contribution in [0.4, 0.5) is 0 Å². The summed E-state index contributed by atoms with van der Waals surface area (Å²) in [5.74, 6) is 0.778. The molecular formula is C32H22Cl2O6. The molecule has 40 heavy (non-hydrogen) atoms. The highest BCUT2D eigenvalue weighted by atomic mass is 35.5. The van der Waals surface area contributed by atoms with E-state index in [-0.39, 0.29) is 43.4 Å². The van der Waals surface area contributed by atoms with E-state index in [1.165, 1.54) is 18.2 Å². The van der Waals surface area contributed by atoms with Crippen LogP contribution in [0, 0.1) is 13.8 Å². The molecule has 6 rings (SSSR count). The highest BCUT2D eigenvalue weighted by Gasteiger charge is 2.19. The highest BCUT2D eigenvalue weighted by Crippen LogP contribution is 2.38. The lowest BCUT2D eigenvalue weighted by atomic mass is 10.0. The summed E-state index contributed by atoms with van der Waals surface area (Å²) in [4.78, 5) is 25.2. The summed E-state index contributed by atoms with van der Waals surface area (Å²) in [6, 6.07) is 24.5. The van der Waals surface area contributed by atoms with Gasteiger partial charge >= 0.3 is 0 Å². The van der Waals surface area contributed by atoms with Crippen molar-refractivity contribution in [3.8, 4) is 33.8 Å². The van der Waals surface area contributed by atoms with Crippen LogP contribution in [-0.2, 0) is 0 Å². The lowest BCUT2D eigenvalue weighted by molar-refractivity contribution is 0.473. The van der Waals surface area contributed by atoms with Crippen molar-refractivity contribution in [1.29, 1.82) is 0 Å². The molecule has 0 spiro atoms. The van der Waals surface area contributed by atoms with Gasteiger partial charge in [-0.2, -0.15) is 0 Å². The fourth-order valence-corrected chi connectivity index (χ4v) is 5.02. The molecule has 0 aliphatic carbocycles. The van der Waals surface area contributed by atoms with Gasteiger partial charge in [0.1, 0.15) is 27.9 Å². The summed E-state index contributed by atoms with van der Waals surface area (Å²) in [6.45, 7) is 3.44. The number of halogens is 2. The number of hydrogen-bond acceptors (Lipinski definition) is 6. The maximum Gasteiger partial charge on any atom is 0.200 e. The molecule has 2 heterocycles. The molecular weight excluding hydrogens is 551 g/mol. The van der Waals surface area contributed by atoms with Crippen molar-refractivity contribution in [2.75, 3.05) is 0 Å². The average molecular weight is 573 g/mol. The van der Waals surface area contributed by atoms with E-state index >= 15 is 0 Å². The molecule has 0 atom stereocenters. The third-order valence-corrected chi connectivity index (χ3v) is 7.04. The maximum atomic E-state index is 12.7. The first-order valence-corrected chi connectivity index (χ1v) is 12.9. The largest absolute Gasteiger partial charge is 0.508 e. The lowest BCUT2D eigenvalue weighted by Crippen LogP contribution is -2.07. The van der Waals surface area contributed by atoms with Crippen molar-refractivity contribution < 1.29 is 19.0 Å². The quantitative estimate of drug-likeness (QED) is 0.216. The summed E-state index contributed by atoms with van der Waals surface area (Å²) < 4.78 is 11.3. The van der Waals surface area contributed by atoms with E-state index in [1.807, 2.05) is 60.7 Å². The Morgan fingerprint density at radius 3 is 1.75 bits per heavy atom. The van der Waals surface area contributed by atoms with E-state index in [0.717, 1.165) is 11.1 Å². The van der Waals surface area contributed by atoms with E-state index in [1.54, 1.807) is 19.9 Å². The van der Waals surface area contributed by atoms with Crippen molar-refractivity contribution in [3.63, 3.8) is 0 Å². The Hall–Kier alpha value is -4.52. The first-order chi connectivity index (χ1) is 19.2. The minimum atomic E-state index is -0.291. The first kappa shape index (κ1) is 27.1. The van der Waals surface area contributed by atoms with E-state index in [9.17, 15) is 19.8 Å². The monoisotopic (exact) mass is 572 g/mol. The molecule has 0 aliphatic heterocycles. The summed E-state index contributed by atoms with van der Waals surface area (Å²) in [5.41, 5.74) is 2.85. The Morgan fingerprint density at radius 2 is 1.18 bits per heavy atom. The number of aryl methyl sites for hydroxylation is 2. The minimum Gasteiger partial charge on any atom is -0.508 e. The standard InChI is InChI=1S/C16H10Cl2O3.C16H12O3/c1-8-12(9-5-3-2-4-6-9)14(19)10-7-11(17)15(20)13(18)16(10)21-8;1-10-15(11-5-3-2-4-6-11)16(18)13-8-7-12(17)9-14(13)19-10/h2-7,20H,1H3;2-9,17H,1H3. The number of hydrogen-bond donors (Lipinski definition) is 2. The van der Waals surface area contributed by atoms with Crippen LogP contribution in [0.5, 0.6) is 11.5 Å². The Bertz CT molecular complexity index is 2000. The molecule has 0 saturated carbocycles. The average Bonchev–Trinajstić information content (AvgIpc) is 2.94. The highest BCUT2D eigenvalue weighted by molar-refractivity contribution is 6.40. The van der Waals surface area contributed by atoms with Gasteiger partial charge in [-0.3, -0.25) is 9.59 Å². The minimum absolute atomic E-state index is 0.0164. The second-order valence-electron chi connectivity index (χ2n) is 9.03. The van der Waals surface area contributed by atoms with Crippen molar-refractivity contribution in [2.45, 2.75) is 13.8 Å². The summed E-state index contributed by atoms with van der Waals surface area (Å²) in [5, 5.41) is 19.9. The fraction of sp³-hybridized carbons (Fsp3) is 0.0625. The molecule has 6 aromatic rings. The zero-order valence-electron chi connectivity index (χ0n) is 21.4. The van der Waals surface area contributed by atoms with Crippen molar-refractivity contribution in [3.05, 3.63) is 127 Å². The Labute approximate surface area is 238 Å². The number of fused-ring (bicyclic) bond motifs is 2. The molecule has 200 valence electrons. The molecule has 2 N–H and O–H groups in total. The third kappa shape index (κ3) is 4.95. The van der Waals surface area contributed by atoms with Gasteiger partial charge in [0.15, 0.2) is 11.3 Å². The molecule has 0 fully saturated rings. The smallest absolute Gasteiger partial charge is 0.200 e. The van der Waals surface area contributed by atoms with Crippen LogP contribution in [0.15, 0.2) is 103 Å². The Morgan fingerprint density at radius 1 is 0.650 bits per heavy atom. The number of aromatic hydroxyl groups is 2. The normalized spacial score (nSPS) is 10.9. The van der Waals surface area contributed by atoms with Crippen LogP contribution < -0.4 is 10.9 Å². The molecule has 2 aromatic heterocycles. The van der Waals surface area contributed by atoms with E-state index < -0.39 is 0 Å². The van der Waals surface area contributed by atoms with Gasteiger partial charge < -0.3 is 19.0 Å². The topological polar surface area (TPSA) is 101 Å². The van der Waals surface area contributed by atoms with Gasteiger partial charge in [-0.25, -0.2) is 0 Å². The van der Waals surface area contributed by atoms with Crippen LogP contribution in [0.1, 0.15) is 11.5 Å². The molecule has 0 unspecified atom stereocenters. The van der Waals surface area contributed by atoms with Crippen LogP contribution in [0.3, 0.4) is 0 Å². The van der Waals surface area contributed by atoms with Gasteiger partial charge in [-0.1, -0.05) is 83.9 Å².